The lowest BCUT2D eigenvalue weighted by molar-refractivity contribution is 0.0516. The summed E-state index contributed by atoms with van der Waals surface area (Å²) >= 11 is 0. The van der Waals surface area contributed by atoms with Crippen molar-refractivity contribution in [2.24, 2.45) is 0 Å². The highest BCUT2D eigenvalue weighted by Gasteiger charge is 2.24. The highest BCUT2D eigenvalue weighted by Crippen LogP contribution is 2.28. The summed E-state index contributed by atoms with van der Waals surface area (Å²) in [6.07, 6.45) is 0. The van der Waals surface area contributed by atoms with E-state index < -0.39 is 16.9 Å². The molecule has 0 amide bonds. The number of fused-ring (bicyclic) bond motifs is 1. The second kappa shape index (κ2) is 9.49. The minimum atomic E-state index is -1.91. The average Bonchev–Trinajstić information content (AvgIpc) is 2.79. The summed E-state index contributed by atoms with van der Waals surface area (Å²) in [6.45, 7) is 4.12. The van der Waals surface area contributed by atoms with Gasteiger partial charge in [-0.1, -0.05) is 15.3 Å². The molecule has 2 atom stereocenters. The van der Waals surface area contributed by atoms with Crippen LogP contribution in [0.2, 0.25) is 0 Å². The maximum atomic E-state index is 13.8. The number of hydrogen-bond acceptors (Lipinski definition) is 7. The Morgan fingerprint density at radius 1 is 1.24 bits per heavy atom. The van der Waals surface area contributed by atoms with Gasteiger partial charge in [0.1, 0.15) is 5.75 Å². The zero-order valence-corrected chi connectivity index (χ0v) is 19.6. The summed E-state index contributed by atoms with van der Waals surface area (Å²) in [5.41, 5.74) is -0.884. The minimum absolute atomic E-state index is 0.117. The SMILES string of the molecule is BC(F)(P)Oc1ccc(-n2nc(C(=O)OCC)c(=O)c3c(N4CCOCC4)cccc32)cc1. The van der Waals surface area contributed by atoms with Gasteiger partial charge in [0, 0.05) is 13.1 Å². The first-order chi connectivity index (χ1) is 15.8. The Kier molecular flexibility index (Phi) is 6.67. The quantitative estimate of drug-likeness (QED) is 0.309. The summed E-state index contributed by atoms with van der Waals surface area (Å²) in [4.78, 5) is 28.1. The fraction of sp³-hybridized carbons (Fsp3) is 0.318. The Bertz CT molecular complexity index is 1220. The molecule has 0 radical (unpaired) electrons. The predicted molar refractivity (Wildman–Crippen MR) is 129 cm³/mol. The third-order valence-electron chi connectivity index (χ3n) is 5.11. The number of anilines is 1. The van der Waals surface area contributed by atoms with Crippen molar-refractivity contribution in [2.75, 3.05) is 37.8 Å². The second-order valence-electron chi connectivity index (χ2n) is 7.66. The van der Waals surface area contributed by atoms with Crippen molar-refractivity contribution in [3.05, 3.63) is 58.4 Å². The Labute approximate surface area is 193 Å². The van der Waals surface area contributed by atoms with Crippen molar-refractivity contribution in [1.82, 2.24) is 9.78 Å². The number of halogens is 1. The molecule has 2 heterocycles. The highest BCUT2D eigenvalue weighted by molar-refractivity contribution is 7.21. The average molecular weight is 471 g/mol. The number of nitrogens with zero attached hydrogens (tertiary/aromatic N) is 3. The molecule has 1 aliphatic heterocycles. The summed E-state index contributed by atoms with van der Waals surface area (Å²) < 4.78 is 31.1. The van der Waals surface area contributed by atoms with Crippen molar-refractivity contribution in [1.29, 1.82) is 0 Å². The maximum Gasteiger partial charge on any atom is 0.362 e. The number of morpholine rings is 1. The molecule has 1 saturated heterocycles. The Morgan fingerprint density at radius 2 is 1.94 bits per heavy atom. The first-order valence-corrected chi connectivity index (χ1v) is 11.2. The molecule has 0 bridgehead atoms. The normalized spacial score (nSPS) is 15.8. The van der Waals surface area contributed by atoms with Crippen LogP contribution in [0.15, 0.2) is 47.3 Å². The van der Waals surface area contributed by atoms with Gasteiger partial charge in [-0.25, -0.2) is 13.9 Å². The van der Waals surface area contributed by atoms with Crippen molar-refractivity contribution < 1.29 is 23.4 Å². The number of benzene rings is 2. The molecular formula is C22H24BFN3O5P. The van der Waals surface area contributed by atoms with Crippen LogP contribution in [0, 0.1) is 0 Å². The van der Waals surface area contributed by atoms with E-state index in [9.17, 15) is 14.0 Å². The van der Waals surface area contributed by atoms with Crippen LogP contribution in [0.4, 0.5) is 10.1 Å². The third kappa shape index (κ3) is 5.02. The van der Waals surface area contributed by atoms with Crippen molar-refractivity contribution >= 4 is 39.6 Å². The molecule has 2 aromatic carbocycles. The first kappa shape index (κ1) is 23.2. The Morgan fingerprint density at radius 3 is 2.58 bits per heavy atom. The Hall–Kier alpha value is -2.97. The number of esters is 1. The van der Waals surface area contributed by atoms with Gasteiger partial charge < -0.3 is 19.1 Å². The van der Waals surface area contributed by atoms with Crippen LogP contribution < -0.4 is 15.1 Å². The zero-order chi connectivity index (χ0) is 23.6. The molecule has 1 fully saturated rings. The van der Waals surface area contributed by atoms with Crippen LogP contribution in [0.25, 0.3) is 16.6 Å². The van der Waals surface area contributed by atoms with Crippen LogP contribution in [0.3, 0.4) is 0 Å². The van der Waals surface area contributed by atoms with Gasteiger partial charge in [-0.2, -0.15) is 5.10 Å². The third-order valence-corrected chi connectivity index (χ3v) is 5.23. The van der Waals surface area contributed by atoms with Crippen molar-refractivity contribution in [2.45, 2.75) is 12.4 Å². The second-order valence-corrected chi connectivity index (χ2v) is 8.69. The van der Waals surface area contributed by atoms with E-state index >= 15 is 0 Å². The monoisotopic (exact) mass is 471 g/mol. The molecule has 2 unspecified atom stereocenters. The number of rotatable bonds is 6. The van der Waals surface area contributed by atoms with Crippen LogP contribution >= 0.6 is 9.24 Å². The van der Waals surface area contributed by atoms with E-state index in [2.05, 4.69) is 10.00 Å². The minimum Gasteiger partial charge on any atom is -0.464 e. The number of aromatic nitrogens is 2. The van der Waals surface area contributed by atoms with Crippen molar-refractivity contribution in [3.63, 3.8) is 0 Å². The largest absolute Gasteiger partial charge is 0.464 e. The van der Waals surface area contributed by atoms with Crippen LogP contribution in [-0.2, 0) is 9.47 Å². The van der Waals surface area contributed by atoms with Crippen LogP contribution in [-0.4, -0.2) is 62.0 Å². The lowest BCUT2D eigenvalue weighted by Crippen LogP contribution is -2.37. The summed E-state index contributed by atoms with van der Waals surface area (Å²) in [7, 11) is 3.25. The summed E-state index contributed by atoms with van der Waals surface area (Å²) in [5, 5.41) is 4.72. The van der Waals surface area contributed by atoms with Gasteiger partial charge in [-0.15, -0.1) is 0 Å². The number of hydrogen-bond donors (Lipinski definition) is 0. The standard InChI is InChI=1S/C22H24BFN3O5P/c1-2-31-21(29)19-20(28)18-16(26-10-12-30-13-11-26)4-3-5-17(18)27(25-19)14-6-8-15(9-7-14)32-22(23,24)33/h3-9H,2,10-13,23,33H2,1H3. The first-order valence-electron chi connectivity index (χ1n) is 10.6. The van der Waals surface area contributed by atoms with Gasteiger partial charge in [0.05, 0.1) is 42.1 Å². The molecule has 0 spiro atoms. The lowest BCUT2D eigenvalue weighted by Gasteiger charge is -2.30. The molecule has 172 valence electrons. The molecule has 33 heavy (non-hydrogen) atoms. The molecule has 0 N–H and O–H groups in total. The molecule has 1 aliphatic rings. The fourth-order valence-corrected chi connectivity index (χ4v) is 3.87. The number of carbonyl (C=O) groups is 1. The molecule has 3 aromatic rings. The van der Waals surface area contributed by atoms with E-state index in [0.717, 1.165) is 0 Å². The topological polar surface area (TPSA) is 82.9 Å². The van der Waals surface area contributed by atoms with E-state index in [-0.39, 0.29) is 12.3 Å². The van der Waals surface area contributed by atoms with E-state index in [4.69, 9.17) is 14.2 Å². The molecule has 11 heteroatoms. The number of ether oxygens (including phenoxy) is 3. The molecule has 0 saturated carbocycles. The summed E-state index contributed by atoms with van der Waals surface area (Å²) in [6, 6.07) is 12.0. The van der Waals surface area contributed by atoms with Gasteiger partial charge >= 0.3 is 5.97 Å². The molecular weight excluding hydrogens is 447 g/mol. The fourth-order valence-electron chi connectivity index (χ4n) is 3.74. The van der Waals surface area contributed by atoms with E-state index in [0.29, 0.717) is 54.3 Å². The number of alkyl halides is 1. The summed E-state index contributed by atoms with van der Waals surface area (Å²) in [5.74, 6) is -0.463. The smallest absolute Gasteiger partial charge is 0.362 e. The molecule has 8 nitrogen and oxygen atoms in total. The van der Waals surface area contributed by atoms with Crippen molar-refractivity contribution in [3.8, 4) is 11.4 Å². The maximum absolute atomic E-state index is 13.8. The van der Waals surface area contributed by atoms with Crippen LogP contribution in [0.1, 0.15) is 17.4 Å². The van der Waals surface area contributed by atoms with Gasteiger partial charge in [0.15, 0.2) is 0 Å². The van der Waals surface area contributed by atoms with E-state index in [1.165, 1.54) is 12.5 Å². The zero-order valence-electron chi connectivity index (χ0n) is 18.4. The highest BCUT2D eigenvalue weighted by atomic mass is 31.0. The Balaban J connectivity index is 1.91. The van der Waals surface area contributed by atoms with E-state index in [1.54, 1.807) is 37.3 Å². The van der Waals surface area contributed by atoms with Gasteiger partial charge in [-0.3, -0.25) is 4.79 Å². The lowest BCUT2D eigenvalue weighted by atomic mass is 10.1. The predicted octanol–water partition coefficient (Wildman–Crippen LogP) is 1.87. The molecule has 1 aromatic heterocycles. The van der Waals surface area contributed by atoms with Gasteiger partial charge in [0.2, 0.25) is 24.5 Å². The van der Waals surface area contributed by atoms with Gasteiger partial charge in [-0.05, 0) is 43.3 Å². The van der Waals surface area contributed by atoms with E-state index in [1.807, 2.05) is 21.4 Å². The number of carbonyl (C=O) groups excluding carboxylic acids is 1. The molecule has 0 aliphatic carbocycles. The van der Waals surface area contributed by atoms with Crippen LogP contribution in [0.5, 0.6) is 5.75 Å². The molecule has 4 rings (SSSR count). The van der Waals surface area contributed by atoms with Gasteiger partial charge in [0.25, 0.3) is 0 Å².